The van der Waals surface area contributed by atoms with Crippen LogP contribution in [0.2, 0.25) is 0 Å². The lowest BCUT2D eigenvalue weighted by Gasteiger charge is -2.24. The maximum atomic E-state index is 13.6. The van der Waals surface area contributed by atoms with Crippen molar-refractivity contribution >= 4 is 5.96 Å². The maximum absolute atomic E-state index is 13.6. The maximum Gasteiger partial charge on any atom is 0.416 e. The van der Waals surface area contributed by atoms with Crippen molar-refractivity contribution in [3.05, 3.63) is 35.1 Å². The molecule has 7 heteroatoms. The zero-order chi connectivity index (χ0) is 17.4. The number of rotatable bonds is 3. The Kier molecular flexibility index (Phi) is 4.59. The minimum atomic E-state index is -4.55. The highest BCUT2D eigenvalue weighted by atomic mass is 19.4. The molecule has 0 aromatic heterocycles. The summed E-state index contributed by atoms with van der Waals surface area (Å²) in [6.07, 6.45) is -3.12. The second-order valence-corrected chi connectivity index (χ2v) is 6.41. The molecule has 0 atom stereocenters. The van der Waals surface area contributed by atoms with Crippen LogP contribution >= 0.6 is 0 Å². The van der Waals surface area contributed by atoms with Crippen LogP contribution < -0.4 is 0 Å². The molecular formula is C16H21F4N3. The molecule has 0 N–H and O–H groups in total. The summed E-state index contributed by atoms with van der Waals surface area (Å²) in [4.78, 5) is 8.19. The van der Waals surface area contributed by atoms with Crippen LogP contribution in [0.3, 0.4) is 0 Å². The van der Waals surface area contributed by atoms with Crippen LogP contribution in [-0.2, 0) is 11.6 Å². The fourth-order valence-corrected chi connectivity index (χ4v) is 2.65. The number of benzene rings is 1. The van der Waals surface area contributed by atoms with E-state index in [1.807, 2.05) is 38.0 Å². The largest absolute Gasteiger partial charge is 0.416 e. The molecule has 128 valence electrons. The van der Waals surface area contributed by atoms with Crippen LogP contribution in [0.5, 0.6) is 0 Å². The van der Waals surface area contributed by atoms with Crippen molar-refractivity contribution in [1.29, 1.82) is 0 Å². The number of aliphatic imine (C=N–C) groups is 1. The van der Waals surface area contributed by atoms with Crippen molar-refractivity contribution in [2.45, 2.75) is 24.4 Å². The van der Waals surface area contributed by atoms with Gasteiger partial charge >= 0.3 is 6.18 Å². The number of hydrogen-bond donors (Lipinski definition) is 0. The van der Waals surface area contributed by atoms with Crippen LogP contribution in [-0.4, -0.2) is 50.5 Å². The Hall–Kier alpha value is -1.79. The van der Waals surface area contributed by atoms with Gasteiger partial charge in [-0.25, -0.2) is 4.39 Å². The van der Waals surface area contributed by atoms with Crippen molar-refractivity contribution in [3.8, 4) is 0 Å². The van der Waals surface area contributed by atoms with Gasteiger partial charge in [-0.3, -0.25) is 4.99 Å². The smallest absolute Gasteiger partial charge is 0.349 e. The van der Waals surface area contributed by atoms with Crippen molar-refractivity contribution < 1.29 is 17.6 Å². The number of nitrogens with zero attached hydrogens (tertiary/aromatic N) is 3. The molecule has 0 amide bonds. The molecule has 1 aromatic rings. The normalized spacial score (nSPS) is 16.0. The molecule has 0 aliphatic heterocycles. The summed E-state index contributed by atoms with van der Waals surface area (Å²) in [5, 5.41) is 0. The summed E-state index contributed by atoms with van der Waals surface area (Å²) >= 11 is 0. The summed E-state index contributed by atoms with van der Waals surface area (Å²) in [7, 11) is 7.40. The SMILES string of the molecule is CN(C)C(=NCC1(c2cc(F)cc(C(F)(F)F)c2)CC1)N(C)C. The van der Waals surface area contributed by atoms with Crippen LogP contribution in [0.1, 0.15) is 24.0 Å². The monoisotopic (exact) mass is 331 g/mol. The van der Waals surface area contributed by atoms with E-state index in [9.17, 15) is 17.6 Å². The van der Waals surface area contributed by atoms with Gasteiger partial charge in [0.2, 0.25) is 0 Å². The van der Waals surface area contributed by atoms with E-state index >= 15 is 0 Å². The third-order valence-electron chi connectivity index (χ3n) is 4.01. The van der Waals surface area contributed by atoms with Crippen molar-refractivity contribution in [2.75, 3.05) is 34.7 Å². The van der Waals surface area contributed by atoms with Gasteiger partial charge < -0.3 is 9.80 Å². The van der Waals surface area contributed by atoms with E-state index in [1.165, 1.54) is 6.07 Å². The third kappa shape index (κ3) is 3.95. The molecule has 0 spiro atoms. The Balaban J connectivity index is 2.31. The van der Waals surface area contributed by atoms with Crippen molar-refractivity contribution in [2.24, 2.45) is 4.99 Å². The van der Waals surface area contributed by atoms with Gasteiger partial charge in [-0.05, 0) is 36.6 Å². The highest BCUT2D eigenvalue weighted by Crippen LogP contribution is 2.49. The first kappa shape index (κ1) is 17.6. The summed E-state index contributed by atoms with van der Waals surface area (Å²) in [6.45, 7) is 0.347. The molecule has 0 unspecified atom stereocenters. The quantitative estimate of drug-likeness (QED) is 0.480. The van der Waals surface area contributed by atoms with Crippen molar-refractivity contribution in [3.63, 3.8) is 0 Å². The predicted molar refractivity (Wildman–Crippen MR) is 82.0 cm³/mol. The van der Waals surface area contributed by atoms with E-state index in [0.29, 0.717) is 31.0 Å². The van der Waals surface area contributed by atoms with E-state index in [4.69, 9.17) is 0 Å². The Labute approximate surface area is 133 Å². The average molecular weight is 331 g/mol. The van der Waals surface area contributed by atoms with Gasteiger partial charge in [0.1, 0.15) is 5.82 Å². The molecule has 0 bridgehead atoms. The highest BCUT2D eigenvalue weighted by Gasteiger charge is 2.45. The van der Waals surface area contributed by atoms with Gasteiger partial charge in [0.25, 0.3) is 0 Å². The van der Waals surface area contributed by atoms with Crippen LogP contribution in [0.25, 0.3) is 0 Å². The Morgan fingerprint density at radius 3 is 2.09 bits per heavy atom. The molecule has 0 saturated heterocycles. The minimum Gasteiger partial charge on any atom is -0.349 e. The molecule has 1 fully saturated rings. The fraction of sp³-hybridized carbons (Fsp3) is 0.562. The molecule has 0 heterocycles. The molecule has 1 saturated carbocycles. The summed E-state index contributed by atoms with van der Waals surface area (Å²) < 4.78 is 52.2. The number of alkyl halides is 3. The van der Waals surface area contributed by atoms with Crippen molar-refractivity contribution in [1.82, 2.24) is 9.80 Å². The van der Waals surface area contributed by atoms with Gasteiger partial charge in [-0.15, -0.1) is 0 Å². The first-order valence-electron chi connectivity index (χ1n) is 7.32. The average Bonchev–Trinajstić information content (AvgIpc) is 3.17. The topological polar surface area (TPSA) is 18.8 Å². The second-order valence-electron chi connectivity index (χ2n) is 6.41. The highest BCUT2D eigenvalue weighted by molar-refractivity contribution is 5.79. The van der Waals surface area contributed by atoms with E-state index in [0.717, 1.165) is 12.0 Å². The molecule has 1 aromatic carbocycles. The zero-order valence-electron chi connectivity index (χ0n) is 13.7. The molecule has 3 nitrogen and oxygen atoms in total. The van der Waals surface area contributed by atoms with Gasteiger partial charge in [-0.1, -0.05) is 0 Å². The minimum absolute atomic E-state index is 0.347. The standard InChI is InChI=1S/C16H21F4N3/c1-22(2)14(23(3)4)21-10-15(5-6-15)11-7-12(16(18,19)20)9-13(17)8-11/h7-9H,5-6,10H2,1-4H3. The first-order chi connectivity index (χ1) is 10.5. The lowest BCUT2D eigenvalue weighted by atomic mass is 9.94. The zero-order valence-corrected chi connectivity index (χ0v) is 13.7. The summed E-state index contributed by atoms with van der Waals surface area (Å²) in [5.74, 6) is -0.130. The molecule has 1 aliphatic rings. The molecule has 2 rings (SSSR count). The third-order valence-corrected chi connectivity index (χ3v) is 4.01. The van der Waals surface area contributed by atoms with Gasteiger partial charge in [0.05, 0.1) is 12.1 Å². The lowest BCUT2D eigenvalue weighted by Crippen LogP contribution is -2.36. The van der Waals surface area contributed by atoms with E-state index in [1.54, 1.807) is 0 Å². The van der Waals surface area contributed by atoms with Gasteiger partial charge in [0.15, 0.2) is 5.96 Å². The fourth-order valence-electron chi connectivity index (χ4n) is 2.65. The van der Waals surface area contributed by atoms with E-state index in [2.05, 4.69) is 4.99 Å². The summed E-state index contributed by atoms with van der Waals surface area (Å²) in [6, 6.07) is 2.78. The molecule has 1 aliphatic carbocycles. The molecule has 0 radical (unpaired) electrons. The second kappa shape index (κ2) is 6.02. The lowest BCUT2D eigenvalue weighted by molar-refractivity contribution is -0.137. The van der Waals surface area contributed by atoms with Gasteiger partial charge in [-0.2, -0.15) is 13.2 Å². The number of halogens is 4. The van der Waals surface area contributed by atoms with E-state index < -0.39 is 23.0 Å². The Morgan fingerprint density at radius 1 is 1.09 bits per heavy atom. The van der Waals surface area contributed by atoms with Crippen LogP contribution in [0.15, 0.2) is 23.2 Å². The van der Waals surface area contributed by atoms with Crippen LogP contribution in [0, 0.1) is 5.82 Å². The van der Waals surface area contributed by atoms with Gasteiger partial charge in [0, 0.05) is 33.6 Å². The number of hydrogen-bond acceptors (Lipinski definition) is 1. The predicted octanol–water partition coefficient (Wildman–Crippen LogP) is 3.36. The first-order valence-corrected chi connectivity index (χ1v) is 7.32. The van der Waals surface area contributed by atoms with Crippen LogP contribution in [0.4, 0.5) is 17.6 Å². The summed E-state index contributed by atoms with van der Waals surface area (Å²) in [5.41, 5.74) is -1.05. The number of guanidine groups is 1. The van der Waals surface area contributed by atoms with E-state index in [-0.39, 0.29) is 0 Å². The molecule has 23 heavy (non-hydrogen) atoms. The molecular weight excluding hydrogens is 310 g/mol. The Morgan fingerprint density at radius 2 is 1.65 bits per heavy atom. The Bertz CT molecular complexity index is 592.